The zero-order valence-corrected chi connectivity index (χ0v) is 17.2. The normalized spacial score (nSPS) is 15.5. The minimum absolute atomic E-state index is 0.0181. The zero-order chi connectivity index (χ0) is 18.5. The first-order valence-electron chi connectivity index (χ1n) is 8.75. The second-order valence-electron chi connectivity index (χ2n) is 6.65. The molecule has 4 aromatic rings. The van der Waals surface area contributed by atoms with Gasteiger partial charge in [0.25, 0.3) is 5.56 Å². The van der Waals surface area contributed by atoms with Crippen LogP contribution in [-0.2, 0) is 0 Å². The van der Waals surface area contributed by atoms with E-state index in [2.05, 4.69) is 19.7 Å². The molecule has 0 aliphatic heterocycles. The van der Waals surface area contributed by atoms with E-state index in [0.29, 0.717) is 17.3 Å². The van der Waals surface area contributed by atoms with Crippen molar-refractivity contribution in [2.24, 2.45) is 0 Å². The molecule has 0 aromatic carbocycles. The number of thiophene rings is 2. The highest BCUT2D eigenvalue weighted by molar-refractivity contribution is 7.99. The van der Waals surface area contributed by atoms with Gasteiger partial charge >= 0.3 is 0 Å². The molecule has 1 fully saturated rings. The standard InChI is InChI=1S/C18H17N5OS3/c1-9(27-18-22-21-10(2)23(18)11-5-6-11)15-19-16(24)14-12(8-26-17(14)20-15)13-4-3-7-25-13/h3-4,7-9,11H,5-6H2,1-2H3,(H,19,20,24)/t9-/m0/s1. The predicted molar refractivity (Wildman–Crippen MR) is 111 cm³/mol. The number of aromatic nitrogens is 5. The van der Waals surface area contributed by atoms with Gasteiger partial charge in [0, 0.05) is 21.9 Å². The molecule has 0 saturated heterocycles. The summed E-state index contributed by atoms with van der Waals surface area (Å²) < 4.78 is 2.21. The summed E-state index contributed by atoms with van der Waals surface area (Å²) in [5.74, 6) is 1.63. The van der Waals surface area contributed by atoms with Gasteiger partial charge in [-0.2, -0.15) is 0 Å². The molecule has 1 aliphatic rings. The second-order valence-corrected chi connectivity index (χ2v) is 9.76. The van der Waals surface area contributed by atoms with Crippen LogP contribution in [0.3, 0.4) is 0 Å². The third-order valence-electron chi connectivity index (χ3n) is 4.66. The number of hydrogen-bond donors (Lipinski definition) is 1. The molecule has 0 radical (unpaired) electrons. The Bertz CT molecular complexity index is 1170. The van der Waals surface area contributed by atoms with Crippen LogP contribution < -0.4 is 5.56 Å². The maximum absolute atomic E-state index is 12.8. The average molecular weight is 416 g/mol. The second kappa shape index (κ2) is 6.57. The molecule has 5 rings (SSSR count). The maximum Gasteiger partial charge on any atom is 0.260 e. The minimum atomic E-state index is -0.0769. The van der Waals surface area contributed by atoms with Crippen molar-refractivity contribution in [3.05, 3.63) is 44.9 Å². The van der Waals surface area contributed by atoms with Crippen LogP contribution in [0.2, 0.25) is 0 Å². The van der Waals surface area contributed by atoms with Gasteiger partial charge in [-0.15, -0.1) is 32.9 Å². The Labute approximate surface area is 167 Å². The molecule has 1 aliphatic carbocycles. The SMILES string of the molecule is Cc1nnc(S[C@@H](C)c2nc3scc(-c4cccs4)c3c(=O)[nH]2)n1C1CC1. The van der Waals surface area contributed by atoms with Gasteiger partial charge in [-0.05, 0) is 38.1 Å². The lowest BCUT2D eigenvalue weighted by Crippen LogP contribution is -2.12. The van der Waals surface area contributed by atoms with Crippen LogP contribution in [0.5, 0.6) is 0 Å². The molecule has 0 spiro atoms. The lowest BCUT2D eigenvalue weighted by atomic mass is 10.2. The van der Waals surface area contributed by atoms with Crippen LogP contribution in [0.25, 0.3) is 20.7 Å². The maximum atomic E-state index is 12.8. The van der Waals surface area contributed by atoms with Crippen LogP contribution in [0.1, 0.15) is 42.7 Å². The molecular formula is C18H17N5OS3. The quantitative estimate of drug-likeness (QED) is 0.474. The molecule has 9 heteroatoms. The van der Waals surface area contributed by atoms with E-state index < -0.39 is 0 Å². The van der Waals surface area contributed by atoms with Crippen molar-refractivity contribution in [3.63, 3.8) is 0 Å². The highest BCUT2D eigenvalue weighted by atomic mass is 32.2. The zero-order valence-electron chi connectivity index (χ0n) is 14.8. The van der Waals surface area contributed by atoms with Crippen molar-refractivity contribution in [3.8, 4) is 10.4 Å². The molecule has 1 atom stereocenters. The topological polar surface area (TPSA) is 76.5 Å². The highest BCUT2D eigenvalue weighted by Crippen LogP contribution is 2.41. The molecule has 0 amide bonds. The van der Waals surface area contributed by atoms with Crippen LogP contribution in [-0.4, -0.2) is 24.7 Å². The van der Waals surface area contributed by atoms with E-state index in [0.717, 1.165) is 26.3 Å². The van der Waals surface area contributed by atoms with Gasteiger partial charge in [0.2, 0.25) is 0 Å². The van der Waals surface area contributed by atoms with Gasteiger partial charge in [0.05, 0.1) is 10.6 Å². The Hall–Kier alpha value is -1.97. The molecule has 6 nitrogen and oxygen atoms in total. The van der Waals surface area contributed by atoms with Gasteiger partial charge in [-0.25, -0.2) is 4.98 Å². The Morgan fingerprint density at radius 2 is 2.19 bits per heavy atom. The summed E-state index contributed by atoms with van der Waals surface area (Å²) >= 11 is 4.75. The number of H-pyrrole nitrogens is 1. The molecule has 138 valence electrons. The number of aromatic amines is 1. The van der Waals surface area contributed by atoms with E-state index in [9.17, 15) is 4.79 Å². The first-order valence-corrected chi connectivity index (χ1v) is 11.4. The van der Waals surface area contributed by atoms with E-state index >= 15 is 0 Å². The molecule has 4 heterocycles. The summed E-state index contributed by atoms with van der Waals surface area (Å²) in [5, 5.41) is 14.2. The van der Waals surface area contributed by atoms with Gasteiger partial charge in [-0.1, -0.05) is 17.8 Å². The van der Waals surface area contributed by atoms with Crippen molar-refractivity contribution in [2.45, 2.75) is 43.1 Å². The number of nitrogens with zero attached hydrogens (tertiary/aromatic N) is 4. The summed E-state index contributed by atoms with van der Waals surface area (Å²) in [6.07, 6.45) is 2.37. The highest BCUT2D eigenvalue weighted by Gasteiger charge is 2.29. The number of nitrogens with one attached hydrogen (secondary N) is 1. The van der Waals surface area contributed by atoms with Crippen molar-refractivity contribution in [2.75, 3.05) is 0 Å². The molecular weight excluding hydrogens is 398 g/mol. The van der Waals surface area contributed by atoms with Crippen molar-refractivity contribution in [1.82, 2.24) is 24.7 Å². The van der Waals surface area contributed by atoms with Gasteiger partial charge in [0.1, 0.15) is 16.5 Å². The molecule has 1 N–H and O–H groups in total. The molecule has 4 aromatic heterocycles. The Morgan fingerprint density at radius 3 is 2.93 bits per heavy atom. The lowest BCUT2D eigenvalue weighted by molar-refractivity contribution is 0.642. The monoisotopic (exact) mass is 415 g/mol. The smallest absolute Gasteiger partial charge is 0.260 e. The number of hydrogen-bond acceptors (Lipinski definition) is 7. The van der Waals surface area contributed by atoms with Crippen molar-refractivity contribution >= 4 is 44.7 Å². The van der Waals surface area contributed by atoms with Crippen molar-refractivity contribution in [1.29, 1.82) is 0 Å². The van der Waals surface area contributed by atoms with Gasteiger partial charge < -0.3 is 9.55 Å². The summed E-state index contributed by atoms with van der Waals surface area (Å²) in [6, 6.07) is 4.55. The summed E-state index contributed by atoms with van der Waals surface area (Å²) in [4.78, 5) is 22.4. The average Bonchev–Trinajstić information content (AvgIpc) is 3.06. The van der Waals surface area contributed by atoms with E-state index in [4.69, 9.17) is 4.98 Å². The van der Waals surface area contributed by atoms with Crippen LogP contribution in [0.15, 0.2) is 32.8 Å². The largest absolute Gasteiger partial charge is 0.309 e. The first-order chi connectivity index (χ1) is 13.1. The molecule has 0 unspecified atom stereocenters. The molecule has 27 heavy (non-hydrogen) atoms. The Balaban J connectivity index is 1.49. The summed E-state index contributed by atoms with van der Waals surface area (Å²) in [6.45, 7) is 4.04. The molecule has 1 saturated carbocycles. The third-order valence-corrected chi connectivity index (χ3v) is 7.50. The minimum Gasteiger partial charge on any atom is -0.309 e. The first kappa shape index (κ1) is 17.2. The fourth-order valence-electron chi connectivity index (χ4n) is 3.17. The van der Waals surface area contributed by atoms with Crippen molar-refractivity contribution < 1.29 is 0 Å². The summed E-state index contributed by atoms with van der Waals surface area (Å²) in [5.41, 5.74) is 0.890. The number of rotatable bonds is 5. The van der Waals surface area contributed by atoms with E-state index in [1.54, 1.807) is 23.1 Å². The van der Waals surface area contributed by atoms with E-state index in [1.807, 2.05) is 36.7 Å². The molecule has 0 bridgehead atoms. The Kier molecular flexibility index (Phi) is 4.18. The lowest BCUT2D eigenvalue weighted by Gasteiger charge is -2.11. The number of fused-ring (bicyclic) bond motifs is 1. The van der Waals surface area contributed by atoms with Crippen LogP contribution in [0, 0.1) is 6.92 Å². The fourth-order valence-corrected chi connectivity index (χ4v) is 5.96. The predicted octanol–water partition coefficient (Wildman–Crippen LogP) is 4.80. The summed E-state index contributed by atoms with van der Waals surface area (Å²) in [7, 11) is 0. The third kappa shape index (κ3) is 3.03. The van der Waals surface area contributed by atoms with Gasteiger partial charge in [0.15, 0.2) is 5.16 Å². The van der Waals surface area contributed by atoms with Gasteiger partial charge in [-0.3, -0.25) is 4.79 Å². The Morgan fingerprint density at radius 1 is 1.33 bits per heavy atom. The van der Waals surface area contributed by atoms with E-state index in [1.165, 1.54) is 24.2 Å². The number of thioether (sulfide) groups is 1. The van der Waals surface area contributed by atoms with Crippen LogP contribution in [0.4, 0.5) is 0 Å². The number of aryl methyl sites for hydroxylation is 1. The fraction of sp³-hybridized carbons (Fsp3) is 0.333. The van der Waals surface area contributed by atoms with Crippen LogP contribution >= 0.6 is 34.4 Å². The van der Waals surface area contributed by atoms with E-state index in [-0.39, 0.29) is 10.8 Å².